The number of carbonyl (C=O) groups is 1. The molecule has 1 aliphatic carbocycles. The Labute approximate surface area is 77.0 Å². The molecule has 2 aliphatic rings. The Kier molecular flexibility index (Phi) is 1.54. The second-order valence-electron chi connectivity index (χ2n) is 3.02. The van der Waals surface area contributed by atoms with Crippen molar-refractivity contribution in [2.45, 2.75) is 10.7 Å². The number of hydrogen-bond acceptors (Lipinski definition) is 2. The molecule has 1 N–H and O–H groups in total. The Hall–Kier alpha value is -0.781. The van der Waals surface area contributed by atoms with E-state index in [9.17, 15) is 4.79 Å². The summed E-state index contributed by atoms with van der Waals surface area (Å²) in [6.07, 6.45) is 2.92. The number of nitrogens with one attached hydrogen (secondary N) is 1. The van der Waals surface area contributed by atoms with Crippen LogP contribution in [0.3, 0.4) is 0 Å². The molecule has 0 saturated heterocycles. The maximum atomic E-state index is 11.4. The standard InChI is InChI=1S/C8H8N2OSe/c1-10-7(11)8-3-5(8)2-6(4-9)12-8/h2,5H,3H2,1H3,(H,10,11). The van der Waals surface area contributed by atoms with Crippen molar-refractivity contribution in [3.05, 3.63) is 10.5 Å². The van der Waals surface area contributed by atoms with Crippen LogP contribution in [0.4, 0.5) is 0 Å². The molecule has 62 valence electrons. The van der Waals surface area contributed by atoms with Gasteiger partial charge in [-0.15, -0.1) is 0 Å². The van der Waals surface area contributed by atoms with Crippen LogP contribution in [0, 0.1) is 17.2 Å². The third kappa shape index (κ3) is 0.841. The zero-order chi connectivity index (χ0) is 8.77. The molecule has 1 aliphatic heterocycles. The number of nitrogens with zero attached hydrogens (tertiary/aromatic N) is 1. The molecule has 1 amide bonds. The summed E-state index contributed by atoms with van der Waals surface area (Å²) >= 11 is 0.0759. The van der Waals surface area contributed by atoms with Crippen LogP contribution < -0.4 is 5.32 Å². The summed E-state index contributed by atoms with van der Waals surface area (Å²) in [4.78, 5) is 11.4. The number of nitriles is 1. The Morgan fingerprint density at radius 2 is 2.75 bits per heavy atom. The summed E-state index contributed by atoms with van der Waals surface area (Å²) in [6.45, 7) is 0. The van der Waals surface area contributed by atoms with Gasteiger partial charge in [-0.1, -0.05) is 0 Å². The van der Waals surface area contributed by atoms with Gasteiger partial charge in [-0.2, -0.15) is 0 Å². The Balaban J connectivity index is 2.16. The van der Waals surface area contributed by atoms with E-state index in [1.807, 2.05) is 6.08 Å². The fourth-order valence-corrected chi connectivity index (χ4v) is 4.40. The molecule has 0 aromatic heterocycles. The second kappa shape index (κ2) is 2.35. The van der Waals surface area contributed by atoms with Gasteiger partial charge in [0.15, 0.2) is 0 Å². The summed E-state index contributed by atoms with van der Waals surface area (Å²) in [5, 5.41) is 11.3. The zero-order valence-corrected chi connectivity index (χ0v) is 8.34. The zero-order valence-electron chi connectivity index (χ0n) is 6.63. The first-order chi connectivity index (χ1) is 5.73. The molecule has 4 heteroatoms. The number of carbonyl (C=O) groups excluding carboxylic acids is 1. The number of hydrogen-bond donors (Lipinski definition) is 1. The van der Waals surface area contributed by atoms with Crippen molar-refractivity contribution in [3.63, 3.8) is 0 Å². The van der Waals surface area contributed by atoms with Crippen LogP contribution in [0.15, 0.2) is 10.5 Å². The second-order valence-corrected chi connectivity index (χ2v) is 5.90. The summed E-state index contributed by atoms with van der Waals surface area (Å²) in [5.74, 6) is 0.487. The van der Waals surface area contributed by atoms with Crippen LogP contribution in [0.5, 0.6) is 0 Å². The predicted octanol–water partition coefficient (Wildman–Crippen LogP) is 0.0363. The molecular weight excluding hydrogens is 219 g/mol. The third-order valence-corrected chi connectivity index (χ3v) is 5.40. The van der Waals surface area contributed by atoms with Crippen LogP contribution in [-0.2, 0) is 4.79 Å². The van der Waals surface area contributed by atoms with Gasteiger partial charge in [-0.3, -0.25) is 0 Å². The van der Waals surface area contributed by atoms with Crippen LogP contribution in [0.1, 0.15) is 6.42 Å². The fraction of sp³-hybridized carbons (Fsp3) is 0.500. The van der Waals surface area contributed by atoms with Crippen molar-refractivity contribution in [1.29, 1.82) is 5.26 Å². The number of allylic oxidation sites excluding steroid dienone is 2. The van der Waals surface area contributed by atoms with E-state index in [0.29, 0.717) is 5.92 Å². The van der Waals surface area contributed by atoms with Gasteiger partial charge >= 0.3 is 76.6 Å². The molecule has 0 aromatic carbocycles. The molecular formula is C8H8N2OSe. The van der Waals surface area contributed by atoms with Gasteiger partial charge in [0.25, 0.3) is 0 Å². The van der Waals surface area contributed by atoms with Gasteiger partial charge in [0.1, 0.15) is 0 Å². The SMILES string of the molecule is CNC(=O)C12CC1C=C(C#N)[Se]2. The molecule has 2 rings (SSSR count). The number of amides is 1. The minimum atomic E-state index is -0.160. The summed E-state index contributed by atoms with van der Waals surface area (Å²) in [6, 6.07) is 2.14. The van der Waals surface area contributed by atoms with E-state index < -0.39 is 0 Å². The first-order valence-electron chi connectivity index (χ1n) is 3.76. The van der Waals surface area contributed by atoms with Crippen molar-refractivity contribution in [1.82, 2.24) is 5.32 Å². The summed E-state index contributed by atoms with van der Waals surface area (Å²) in [5.41, 5.74) is 0. The molecule has 0 spiro atoms. The monoisotopic (exact) mass is 228 g/mol. The summed E-state index contributed by atoms with van der Waals surface area (Å²) < 4.78 is 0.676. The van der Waals surface area contributed by atoms with E-state index in [2.05, 4.69) is 11.4 Å². The van der Waals surface area contributed by atoms with Crippen LogP contribution in [0.25, 0.3) is 0 Å². The van der Waals surface area contributed by atoms with Crippen molar-refractivity contribution in [2.75, 3.05) is 7.05 Å². The van der Waals surface area contributed by atoms with Gasteiger partial charge in [0.2, 0.25) is 0 Å². The molecule has 0 radical (unpaired) electrons. The predicted molar refractivity (Wildman–Crippen MR) is 44.3 cm³/mol. The average Bonchev–Trinajstić information content (AvgIpc) is 2.68. The Morgan fingerprint density at radius 1 is 2.00 bits per heavy atom. The Bertz CT molecular complexity index is 318. The topological polar surface area (TPSA) is 52.9 Å². The van der Waals surface area contributed by atoms with Crippen molar-refractivity contribution < 1.29 is 4.79 Å². The molecule has 2 atom stereocenters. The molecule has 1 saturated carbocycles. The molecule has 1 fully saturated rings. The van der Waals surface area contributed by atoms with Crippen LogP contribution in [0.2, 0.25) is 4.31 Å². The molecule has 12 heavy (non-hydrogen) atoms. The van der Waals surface area contributed by atoms with Gasteiger partial charge < -0.3 is 0 Å². The number of fused-ring (bicyclic) bond motifs is 1. The molecule has 1 heterocycles. The van der Waals surface area contributed by atoms with E-state index in [1.54, 1.807) is 7.05 Å². The third-order valence-electron chi connectivity index (χ3n) is 2.33. The van der Waals surface area contributed by atoms with Gasteiger partial charge in [-0.05, 0) is 0 Å². The van der Waals surface area contributed by atoms with Crippen molar-refractivity contribution >= 4 is 20.9 Å². The minimum absolute atomic E-state index is 0.0759. The summed E-state index contributed by atoms with van der Waals surface area (Å²) in [7, 11) is 1.66. The fourth-order valence-electron chi connectivity index (χ4n) is 1.57. The van der Waals surface area contributed by atoms with E-state index in [4.69, 9.17) is 5.26 Å². The first kappa shape index (κ1) is 7.85. The molecule has 0 aromatic rings. The van der Waals surface area contributed by atoms with Gasteiger partial charge in [0.05, 0.1) is 0 Å². The maximum absolute atomic E-state index is 11.4. The van der Waals surface area contributed by atoms with Crippen molar-refractivity contribution in [3.8, 4) is 6.07 Å². The van der Waals surface area contributed by atoms with E-state index in [-0.39, 0.29) is 25.2 Å². The average molecular weight is 227 g/mol. The molecule has 3 nitrogen and oxygen atoms in total. The van der Waals surface area contributed by atoms with Gasteiger partial charge in [-0.25, -0.2) is 0 Å². The van der Waals surface area contributed by atoms with E-state index in [1.165, 1.54) is 0 Å². The van der Waals surface area contributed by atoms with E-state index in [0.717, 1.165) is 10.9 Å². The quantitative estimate of drug-likeness (QED) is 0.643. The van der Waals surface area contributed by atoms with E-state index >= 15 is 0 Å². The first-order valence-corrected chi connectivity index (χ1v) is 5.47. The van der Waals surface area contributed by atoms with Crippen LogP contribution >= 0.6 is 0 Å². The molecule has 0 bridgehead atoms. The van der Waals surface area contributed by atoms with Crippen molar-refractivity contribution in [2.24, 2.45) is 5.92 Å². The Morgan fingerprint density at radius 3 is 3.25 bits per heavy atom. The normalized spacial score (nSPS) is 36.3. The van der Waals surface area contributed by atoms with Gasteiger partial charge in [0, 0.05) is 0 Å². The van der Waals surface area contributed by atoms with Crippen LogP contribution in [-0.4, -0.2) is 27.9 Å². The number of rotatable bonds is 1. The molecule has 2 unspecified atom stereocenters.